The average molecular weight is 337 g/mol. The smallest absolute Gasteiger partial charge is 0.223 e. The zero-order chi connectivity index (χ0) is 17.6. The van der Waals surface area contributed by atoms with Gasteiger partial charge in [0.15, 0.2) is 0 Å². The Morgan fingerprint density at radius 3 is 2.80 bits per heavy atom. The second-order valence-corrected chi connectivity index (χ2v) is 6.79. The molecule has 4 heteroatoms. The van der Waals surface area contributed by atoms with Gasteiger partial charge in [-0.2, -0.15) is 0 Å². The standard InChI is InChI=1S/C21H27N3O/c1-3-17-6-8-18(9-7-17)16(2)13-21(25)24-12-11-23-15-20(24)19-5-4-10-22-14-19/h4-10,14,16,20,23H,3,11-13,15H2,1-2H3. The maximum absolute atomic E-state index is 13.0. The van der Waals surface area contributed by atoms with Crippen molar-refractivity contribution in [2.45, 2.75) is 38.6 Å². The fourth-order valence-electron chi connectivity index (χ4n) is 3.45. The predicted molar refractivity (Wildman–Crippen MR) is 100 cm³/mol. The molecule has 0 bridgehead atoms. The van der Waals surface area contributed by atoms with E-state index >= 15 is 0 Å². The van der Waals surface area contributed by atoms with Crippen molar-refractivity contribution < 1.29 is 4.79 Å². The highest BCUT2D eigenvalue weighted by Crippen LogP contribution is 2.26. The molecule has 1 fully saturated rings. The van der Waals surface area contributed by atoms with E-state index in [1.807, 2.05) is 17.2 Å². The molecule has 0 aliphatic carbocycles. The molecule has 4 nitrogen and oxygen atoms in total. The van der Waals surface area contributed by atoms with Gasteiger partial charge >= 0.3 is 0 Å². The highest BCUT2D eigenvalue weighted by atomic mass is 16.2. The number of hydrogen-bond acceptors (Lipinski definition) is 3. The van der Waals surface area contributed by atoms with Crippen LogP contribution in [-0.2, 0) is 11.2 Å². The van der Waals surface area contributed by atoms with Gasteiger partial charge in [0.25, 0.3) is 0 Å². The summed E-state index contributed by atoms with van der Waals surface area (Å²) in [5.41, 5.74) is 3.67. The van der Waals surface area contributed by atoms with E-state index in [4.69, 9.17) is 0 Å². The Kier molecular flexibility index (Phi) is 5.82. The zero-order valence-electron chi connectivity index (χ0n) is 15.1. The minimum absolute atomic E-state index is 0.0737. The van der Waals surface area contributed by atoms with Gasteiger partial charge in [0.05, 0.1) is 6.04 Å². The second kappa shape index (κ2) is 8.26. The SMILES string of the molecule is CCc1ccc(C(C)CC(=O)N2CCNCC2c2cccnc2)cc1. The average Bonchev–Trinajstić information content (AvgIpc) is 2.68. The first-order chi connectivity index (χ1) is 12.2. The molecule has 0 spiro atoms. The molecule has 2 atom stereocenters. The number of nitrogens with zero attached hydrogens (tertiary/aromatic N) is 2. The molecule has 1 amide bonds. The summed E-state index contributed by atoms with van der Waals surface area (Å²) < 4.78 is 0. The molecule has 2 unspecified atom stereocenters. The number of carbonyl (C=O) groups excluding carboxylic acids is 1. The van der Waals surface area contributed by atoms with Crippen LogP contribution in [0.25, 0.3) is 0 Å². The molecule has 1 aromatic carbocycles. The molecule has 1 saturated heterocycles. The molecule has 1 N–H and O–H groups in total. The van der Waals surface area contributed by atoms with Gasteiger partial charge in [-0.3, -0.25) is 9.78 Å². The predicted octanol–water partition coefficient (Wildman–Crippen LogP) is 3.31. The van der Waals surface area contributed by atoms with Crippen LogP contribution in [0.2, 0.25) is 0 Å². The van der Waals surface area contributed by atoms with E-state index in [0.717, 1.165) is 31.6 Å². The monoisotopic (exact) mass is 337 g/mol. The topological polar surface area (TPSA) is 45.2 Å². The maximum Gasteiger partial charge on any atom is 0.223 e. The summed E-state index contributed by atoms with van der Waals surface area (Å²) in [6, 6.07) is 12.7. The largest absolute Gasteiger partial charge is 0.333 e. The van der Waals surface area contributed by atoms with Crippen LogP contribution in [0, 0.1) is 0 Å². The van der Waals surface area contributed by atoms with Crippen molar-refractivity contribution >= 4 is 5.91 Å². The summed E-state index contributed by atoms with van der Waals surface area (Å²) >= 11 is 0. The summed E-state index contributed by atoms with van der Waals surface area (Å²) in [6.45, 7) is 6.68. The Bertz CT molecular complexity index is 684. The molecule has 0 saturated carbocycles. The van der Waals surface area contributed by atoms with Gasteiger partial charge in [0, 0.05) is 38.4 Å². The summed E-state index contributed by atoms with van der Waals surface area (Å²) in [5.74, 6) is 0.449. The number of aryl methyl sites for hydroxylation is 1. The van der Waals surface area contributed by atoms with Crippen LogP contribution in [0.1, 0.15) is 48.9 Å². The first-order valence-electron chi connectivity index (χ1n) is 9.18. The molecule has 1 aliphatic heterocycles. The van der Waals surface area contributed by atoms with E-state index in [0.29, 0.717) is 6.42 Å². The lowest BCUT2D eigenvalue weighted by Crippen LogP contribution is -2.48. The Labute approximate surface area is 150 Å². The Morgan fingerprint density at radius 1 is 1.32 bits per heavy atom. The van der Waals surface area contributed by atoms with Crippen molar-refractivity contribution in [3.63, 3.8) is 0 Å². The Morgan fingerprint density at radius 2 is 2.12 bits per heavy atom. The van der Waals surface area contributed by atoms with E-state index in [-0.39, 0.29) is 17.9 Å². The summed E-state index contributed by atoms with van der Waals surface area (Å²) in [6.07, 6.45) is 5.22. The number of nitrogens with one attached hydrogen (secondary N) is 1. The van der Waals surface area contributed by atoms with Gasteiger partial charge in [-0.25, -0.2) is 0 Å². The number of carbonyl (C=O) groups is 1. The van der Waals surface area contributed by atoms with E-state index in [1.165, 1.54) is 11.1 Å². The van der Waals surface area contributed by atoms with Crippen molar-refractivity contribution in [3.05, 3.63) is 65.5 Å². The molecule has 25 heavy (non-hydrogen) atoms. The van der Waals surface area contributed by atoms with Gasteiger partial charge < -0.3 is 10.2 Å². The Balaban J connectivity index is 1.69. The first-order valence-corrected chi connectivity index (χ1v) is 9.18. The minimum atomic E-state index is 0.0737. The first kappa shape index (κ1) is 17.6. The summed E-state index contributed by atoms with van der Waals surface area (Å²) in [4.78, 5) is 19.2. The highest BCUT2D eigenvalue weighted by Gasteiger charge is 2.28. The Hall–Kier alpha value is -2.20. The fraction of sp³-hybridized carbons (Fsp3) is 0.429. The molecule has 1 aliphatic rings. The number of pyridine rings is 1. The third-order valence-corrected chi connectivity index (χ3v) is 5.07. The van der Waals surface area contributed by atoms with Crippen molar-refractivity contribution in [3.8, 4) is 0 Å². The molecule has 3 rings (SSSR count). The fourth-order valence-corrected chi connectivity index (χ4v) is 3.45. The van der Waals surface area contributed by atoms with E-state index in [1.54, 1.807) is 6.20 Å². The van der Waals surface area contributed by atoms with Gasteiger partial charge in [-0.1, -0.05) is 44.2 Å². The second-order valence-electron chi connectivity index (χ2n) is 6.79. The van der Waals surface area contributed by atoms with Crippen molar-refractivity contribution in [1.29, 1.82) is 0 Å². The highest BCUT2D eigenvalue weighted by molar-refractivity contribution is 5.77. The van der Waals surface area contributed by atoms with Crippen LogP contribution in [0.5, 0.6) is 0 Å². The minimum Gasteiger partial charge on any atom is -0.333 e. The number of hydrogen-bond donors (Lipinski definition) is 1. The molecule has 2 heterocycles. The number of aromatic nitrogens is 1. The van der Waals surface area contributed by atoms with Gasteiger partial charge in [-0.15, -0.1) is 0 Å². The quantitative estimate of drug-likeness (QED) is 0.910. The lowest BCUT2D eigenvalue weighted by Gasteiger charge is -2.37. The number of piperazine rings is 1. The molecule has 132 valence electrons. The summed E-state index contributed by atoms with van der Waals surface area (Å²) in [5, 5.41) is 3.39. The van der Waals surface area contributed by atoms with Crippen LogP contribution in [0.4, 0.5) is 0 Å². The lowest BCUT2D eigenvalue weighted by atomic mass is 9.95. The number of benzene rings is 1. The third kappa shape index (κ3) is 4.26. The van der Waals surface area contributed by atoms with Gasteiger partial charge in [0.1, 0.15) is 0 Å². The number of amides is 1. The van der Waals surface area contributed by atoms with E-state index in [9.17, 15) is 4.79 Å². The lowest BCUT2D eigenvalue weighted by molar-refractivity contribution is -0.134. The maximum atomic E-state index is 13.0. The van der Waals surface area contributed by atoms with Crippen LogP contribution in [0.3, 0.4) is 0 Å². The van der Waals surface area contributed by atoms with Crippen LogP contribution < -0.4 is 5.32 Å². The van der Waals surface area contributed by atoms with Crippen LogP contribution in [-0.4, -0.2) is 35.4 Å². The molecular formula is C21H27N3O. The van der Waals surface area contributed by atoms with Crippen molar-refractivity contribution in [1.82, 2.24) is 15.2 Å². The zero-order valence-corrected chi connectivity index (χ0v) is 15.1. The van der Waals surface area contributed by atoms with Crippen molar-refractivity contribution in [2.24, 2.45) is 0 Å². The van der Waals surface area contributed by atoms with Gasteiger partial charge in [-0.05, 0) is 35.1 Å². The van der Waals surface area contributed by atoms with Crippen LogP contribution in [0.15, 0.2) is 48.8 Å². The molecule has 2 aromatic rings. The third-order valence-electron chi connectivity index (χ3n) is 5.07. The summed E-state index contributed by atoms with van der Waals surface area (Å²) in [7, 11) is 0. The van der Waals surface area contributed by atoms with Crippen LogP contribution >= 0.6 is 0 Å². The normalized spacial score (nSPS) is 18.8. The van der Waals surface area contributed by atoms with E-state index < -0.39 is 0 Å². The molecule has 1 aromatic heterocycles. The molecule has 0 radical (unpaired) electrons. The number of rotatable bonds is 5. The van der Waals surface area contributed by atoms with Crippen molar-refractivity contribution in [2.75, 3.05) is 19.6 Å². The van der Waals surface area contributed by atoms with Gasteiger partial charge in [0.2, 0.25) is 5.91 Å². The molecular weight excluding hydrogens is 310 g/mol. The van der Waals surface area contributed by atoms with E-state index in [2.05, 4.69) is 54.5 Å².